The normalized spacial score (nSPS) is 39.3. The van der Waals surface area contributed by atoms with E-state index in [1.54, 1.807) is 0 Å². The Morgan fingerprint density at radius 1 is 1.26 bits per heavy atom. The Morgan fingerprint density at radius 3 is 2.58 bits per heavy atom. The second-order valence-electron chi connectivity index (χ2n) is 6.71. The van der Waals surface area contributed by atoms with Gasteiger partial charge in [-0.15, -0.1) is 0 Å². The van der Waals surface area contributed by atoms with Crippen molar-refractivity contribution >= 4 is 5.91 Å². The lowest BCUT2D eigenvalue weighted by atomic mass is 10.0. The minimum Gasteiger partial charge on any atom is -0.322 e. The van der Waals surface area contributed by atoms with Gasteiger partial charge in [0.2, 0.25) is 5.91 Å². The monoisotopic (exact) mass is 264 g/mol. The molecule has 2 aliphatic carbocycles. The lowest BCUT2D eigenvalue weighted by molar-refractivity contribution is -0.131. The second kappa shape index (κ2) is 5.43. The molecule has 1 saturated heterocycles. The van der Waals surface area contributed by atoms with Crippen molar-refractivity contribution < 1.29 is 4.79 Å². The zero-order chi connectivity index (χ0) is 13.4. The summed E-state index contributed by atoms with van der Waals surface area (Å²) in [4.78, 5) is 14.9. The van der Waals surface area contributed by atoms with Gasteiger partial charge in [0.1, 0.15) is 0 Å². The molecule has 0 spiro atoms. The van der Waals surface area contributed by atoms with E-state index in [-0.39, 0.29) is 6.04 Å². The van der Waals surface area contributed by atoms with Crippen molar-refractivity contribution in [2.75, 3.05) is 0 Å². The van der Waals surface area contributed by atoms with E-state index in [2.05, 4.69) is 24.1 Å². The Morgan fingerprint density at radius 2 is 2.00 bits per heavy atom. The van der Waals surface area contributed by atoms with E-state index < -0.39 is 0 Å². The number of nitrogens with one attached hydrogen (secondary N) is 1. The number of hydrogen-bond donors (Lipinski definition) is 1. The first-order valence-electron chi connectivity index (χ1n) is 8.34. The Hall–Kier alpha value is -0.570. The first kappa shape index (κ1) is 13.4. The highest BCUT2D eigenvalue weighted by Crippen LogP contribution is 2.44. The summed E-state index contributed by atoms with van der Waals surface area (Å²) in [6.07, 6.45) is 10.2. The fourth-order valence-electron chi connectivity index (χ4n) is 4.19. The quantitative estimate of drug-likeness (QED) is 0.828. The molecule has 1 heterocycles. The lowest BCUT2D eigenvalue weighted by Gasteiger charge is -2.29. The minimum atomic E-state index is 0.105. The smallest absolute Gasteiger partial charge is 0.241 e. The van der Waals surface area contributed by atoms with Crippen molar-refractivity contribution in [3.63, 3.8) is 0 Å². The SMILES string of the molecule is CCCC1NC(C2CCCC2)N(C2CC2CC)C1=O. The highest BCUT2D eigenvalue weighted by atomic mass is 16.2. The Balaban J connectivity index is 1.73. The summed E-state index contributed by atoms with van der Waals surface area (Å²) in [5, 5.41) is 3.68. The van der Waals surface area contributed by atoms with Crippen LogP contribution in [0.2, 0.25) is 0 Å². The maximum absolute atomic E-state index is 12.7. The molecule has 3 fully saturated rings. The molecule has 0 aromatic carbocycles. The molecule has 3 rings (SSSR count). The molecule has 2 saturated carbocycles. The van der Waals surface area contributed by atoms with Gasteiger partial charge >= 0.3 is 0 Å². The van der Waals surface area contributed by atoms with Gasteiger partial charge in [-0.2, -0.15) is 0 Å². The fraction of sp³-hybridized carbons (Fsp3) is 0.938. The van der Waals surface area contributed by atoms with E-state index in [0.29, 0.717) is 24.0 Å². The van der Waals surface area contributed by atoms with Crippen LogP contribution in [0.5, 0.6) is 0 Å². The van der Waals surface area contributed by atoms with Crippen LogP contribution in [0.15, 0.2) is 0 Å². The summed E-state index contributed by atoms with van der Waals surface area (Å²) in [5.41, 5.74) is 0. The van der Waals surface area contributed by atoms with Gasteiger partial charge in [0.05, 0.1) is 12.2 Å². The van der Waals surface area contributed by atoms with Crippen LogP contribution < -0.4 is 5.32 Å². The number of carbonyl (C=O) groups is 1. The summed E-state index contributed by atoms with van der Waals surface area (Å²) < 4.78 is 0. The van der Waals surface area contributed by atoms with Crippen molar-refractivity contribution in [1.82, 2.24) is 10.2 Å². The molecule has 1 N–H and O–H groups in total. The van der Waals surface area contributed by atoms with Crippen LogP contribution >= 0.6 is 0 Å². The molecule has 4 unspecified atom stereocenters. The molecular weight excluding hydrogens is 236 g/mol. The van der Waals surface area contributed by atoms with Gasteiger partial charge in [-0.3, -0.25) is 10.1 Å². The fourth-order valence-corrected chi connectivity index (χ4v) is 4.19. The Bertz CT molecular complexity index is 338. The highest BCUT2D eigenvalue weighted by Gasteiger charge is 2.52. The number of amides is 1. The van der Waals surface area contributed by atoms with E-state index in [0.717, 1.165) is 18.8 Å². The number of rotatable bonds is 5. The summed E-state index contributed by atoms with van der Waals surface area (Å²) in [7, 11) is 0. The van der Waals surface area contributed by atoms with Crippen molar-refractivity contribution in [2.45, 2.75) is 83.5 Å². The molecule has 0 aromatic rings. The summed E-state index contributed by atoms with van der Waals surface area (Å²) in [5.74, 6) is 1.89. The van der Waals surface area contributed by atoms with Gasteiger partial charge < -0.3 is 4.90 Å². The van der Waals surface area contributed by atoms with Crippen molar-refractivity contribution in [2.24, 2.45) is 11.8 Å². The summed E-state index contributed by atoms with van der Waals surface area (Å²) >= 11 is 0. The Labute approximate surface area is 117 Å². The van der Waals surface area contributed by atoms with Crippen molar-refractivity contribution in [1.29, 1.82) is 0 Å². The van der Waals surface area contributed by atoms with Gasteiger partial charge in [-0.25, -0.2) is 0 Å². The third-order valence-electron chi connectivity index (χ3n) is 5.41. The van der Waals surface area contributed by atoms with Crippen LogP contribution in [-0.2, 0) is 4.79 Å². The molecule has 19 heavy (non-hydrogen) atoms. The topological polar surface area (TPSA) is 32.3 Å². The van der Waals surface area contributed by atoms with Gasteiger partial charge in [0.25, 0.3) is 0 Å². The molecule has 1 aliphatic heterocycles. The van der Waals surface area contributed by atoms with Crippen LogP contribution in [0, 0.1) is 11.8 Å². The molecule has 0 radical (unpaired) electrons. The van der Waals surface area contributed by atoms with Crippen molar-refractivity contribution in [3.8, 4) is 0 Å². The van der Waals surface area contributed by atoms with E-state index in [9.17, 15) is 4.79 Å². The number of carbonyl (C=O) groups excluding carboxylic acids is 1. The van der Waals surface area contributed by atoms with Crippen molar-refractivity contribution in [3.05, 3.63) is 0 Å². The van der Waals surface area contributed by atoms with E-state index in [1.165, 1.54) is 38.5 Å². The molecule has 3 heteroatoms. The van der Waals surface area contributed by atoms with Gasteiger partial charge in [0.15, 0.2) is 0 Å². The maximum atomic E-state index is 12.7. The average Bonchev–Trinajstić information content (AvgIpc) is 2.84. The molecular formula is C16H28N2O. The van der Waals surface area contributed by atoms with Gasteiger partial charge in [-0.05, 0) is 37.5 Å². The number of hydrogen-bond acceptors (Lipinski definition) is 2. The lowest BCUT2D eigenvalue weighted by Crippen LogP contribution is -2.44. The van der Waals surface area contributed by atoms with Crippen LogP contribution in [-0.4, -0.2) is 29.1 Å². The predicted molar refractivity (Wildman–Crippen MR) is 76.6 cm³/mol. The summed E-state index contributed by atoms with van der Waals surface area (Å²) in [6.45, 7) is 4.43. The zero-order valence-electron chi connectivity index (χ0n) is 12.4. The van der Waals surface area contributed by atoms with E-state index >= 15 is 0 Å². The van der Waals surface area contributed by atoms with Crippen LogP contribution in [0.1, 0.15) is 65.2 Å². The first-order chi connectivity index (χ1) is 9.26. The molecule has 0 bridgehead atoms. The second-order valence-corrected chi connectivity index (χ2v) is 6.71. The van der Waals surface area contributed by atoms with E-state index in [4.69, 9.17) is 0 Å². The Kier molecular flexibility index (Phi) is 3.84. The van der Waals surface area contributed by atoms with E-state index in [1.807, 2.05) is 0 Å². The molecule has 108 valence electrons. The highest BCUT2D eigenvalue weighted by molar-refractivity contribution is 5.85. The van der Waals surface area contributed by atoms with Gasteiger partial charge in [0, 0.05) is 6.04 Å². The predicted octanol–water partition coefficient (Wildman–Crippen LogP) is 2.90. The maximum Gasteiger partial charge on any atom is 0.241 e. The molecule has 3 aliphatic rings. The minimum absolute atomic E-state index is 0.105. The first-order valence-corrected chi connectivity index (χ1v) is 8.34. The third kappa shape index (κ3) is 2.42. The van der Waals surface area contributed by atoms with Crippen LogP contribution in [0.4, 0.5) is 0 Å². The largest absolute Gasteiger partial charge is 0.322 e. The average molecular weight is 264 g/mol. The third-order valence-corrected chi connectivity index (χ3v) is 5.41. The standard InChI is InChI=1S/C16H28N2O/c1-3-7-13-16(19)18(14-10-11(14)4-2)15(17-13)12-8-5-6-9-12/h11-15,17H,3-10H2,1-2H3. The van der Waals surface area contributed by atoms with Gasteiger partial charge in [-0.1, -0.05) is 39.5 Å². The van der Waals surface area contributed by atoms with Crippen LogP contribution in [0.25, 0.3) is 0 Å². The number of nitrogens with zero attached hydrogens (tertiary/aromatic N) is 1. The molecule has 1 amide bonds. The summed E-state index contributed by atoms with van der Waals surface area (Å²) in [6, 6.07) is 0.658. The zero-order valence-corrected chi connectivity index (χ0v) is 12.4. The molecule has 0 aromatic heterocycles. The molecule has 4 atom stereocenters. The van der Waals surface area contributed by atoms with Crippen LogP contribution in [0.3, 0.4) is 0 Å². The molecule has 3 nitrogen and oxygen atoms in total.